The first-order chi connectivity index (χ1) is 11.2. The van der Waals surface area contributed by atoms with E-state index in [0.29, 0.717) is 13.2 Å². The van der Waals surface area contributed by atoms with Crippen molar-refractivity contribution in [2.75, 3.05) is 13.2 Å². The van der Waals surface area contributed by atoms with Gasteiger partial charge in [-0.2, -0.15) is 0 Å². The Morgan fingerprint density at radius 3 is 2.39 bits per heavy atom. The molecule has 120 valence electrons. The zero-order valence-corrected chi connectivity index (χ0v) is 14.1. The molecule has 0 radical (unpaired) electrons. The molecule has 0 spiro atoms. The Morgan fingerprint density at radius 2 is 1.57 bits per heavy atom. The average molecular weight is 329 g/mol. The summed E-state index contributed by atoms with van der Waals surface area (Å²) < 4.78 is 11.8. The van der Waals surface area contributed by atoms with E-state index in [0.717, 1.165) is 41.3 Å². The molecule has 2 aromatic rings. The van der Waals surface area contributed by atoms with Gasteiger partial charge in [-0.25, -0.2) is 0 Å². The van der Waals surface area contributed by atoms with Crippen LogP contribution in [0, 0.1) is 6.92 Å². The second kappa shape index (κ2) is 7.56. The molecule has 23 heavy (non-hydrogen) atoms. The van der Waals surface area contributed by atoms with E-state index in [1.807, 2.05) is 43.3 Å². The molecule has 0 amide bonds. The Morgan fingerprint density at radius 1 is 0.870 bits per heavy atom. The third-order valence-corrected chi connectivity index (χ3v) is 4.45. The number of halogens is 1. The van der Waals surface area contributed by atoms with Crippen molar-refractivity contribution in [3.8, 4) is 11.5 Å². The van der Waals surface area contributed by atoms with Crippen LogP contribution in [-0.2, 0) is 12.8 Å². The number of rotatable bonds is 0. The van der Waals surface area contributed by atoms with Crippen LogP contribution in [0.1, 0.15) is 23.1 Å². The lowest BCUT2D eigenvalue weighted by Crippen LogP contribution is -2.00. The van der Waals surface area contributed by atoms with Crippen molar-refractivity contribution in [2.45, 2.75) is 26.2 Å². The van der Waals surface area contributed by atoms with Gasteiger partial charge in [0.2, 0.25) is 0 Å². The molecular weight excluding hydrogens is 308 g/mol. The third kappa shape index (κ3) is 4.08. The van der Waals surface area contributed by atoms with E-state index in [1.54, 1.807) is 0 Å². The SMILES string of the molecule is Cc1cc2c(cc1Cl)CCCc1ccccc1OC/C=C/CO2. The maximum Gasteiger partial charge on any atom is 0.123 e. The highest BCUT2D eigenvalue weighted by atomic mass is 35.5. The van der Waals surface area contributed by atoms with E-state index >= 15 is 0 Å². The van der Waals surface area contributed by atoms with Crippen molar-refractivity contribution in [3.63, 3.8) is 0 Å². The van der Waals surface area contributed by atoms with Crippen molar-refractivity contribution < 1.29 is 9.47 Å². The van der Waals surface area contributed by atoms with Crippen LogP contribution < -0.4 is 9.47 Å². The predicted octanol–water partition coefficient (Wildman–Crippen LogP) is 5.15. The number of fused-ring (bicyclic) bond motifs is 2. The summed E-state index contributed by atoms with van der Waals surface area (Å²) in [5.74, 6) is 1.91. The molecule has 2 aromatic carbocycles. The van der Waals surface area contributed by atoms with E-state index in [9.17, 15) is 0 Å². The monoisotopic (exact) mass is 328 g/mol. The molecule has 2 nitrogen and oxygen atoms in total. The summed E-state index contributed by atoms with van der Waals surface area (Å²) >= 11 is 6.29. The Balaban J connectivity index is 1.86. The fourth-order valence-electron chi connectivity index (χ4n) is 2.76. The number of hydrogen-bond acceptors (Lipinski definition) is 2. The van der Waals surface area contributed by atoms with Gasteiger partial charge < -0.3 is 9.47 Å². The second-order valence-electron chi connectivity index (χ2n) is 5.76. The van der Waals surface area contributed by atoms with Crippen molar-refractivity contribution in [2.24, 2.45) is 0 Å². The summed E-state index contributed by atoms with van der Waals surface area (Å²) in [5, 5.41) is 0.802. The molecule has 0 atom stereocenters. The Hall–Kier alpha value is -1.93. The Labute approximate surface area is 142 Å². The molecule has 0 saturated heterocycles. The molecule has 3 rings (SSSR count). The molecular formula is C20H21ClO2. The normalized spacial score (nSPS) is 16.4. The highest BCUT2D eigenvalue weighted by Gasteiger charge is 2.09. The quantitative estimate of drug-likeness (QED) is 0.622. The van der Waals surface area contributed by atoms with Crippen LogP contribution in [-0.4, -0.2) is 13.2 Å². The average Bonchev–Trinajstić information content (AvgIpc) is 2.56. The largest absolute Gasteiger partial charge is 0.489 e. The van der Waals surface area contributed by atoms with E-state index < -0.39 is 0 Å². The first-order valence-electron chi connectivity index (χ1n) is 8.01. The Bertz CT molecular complexity index is 707. The summed E-state index contributed by atoms with van der Waals surface area (Å²) in [5.41, 5.74) is 3.47. The van der Waals surface area contributed by atoms with Gasteiger partial charge in [-0.15, -0.1) is 0 Å². The third-order valence-electron chi connectivity index (χ3n) is 4.04. The lowest BCUT2D eigenvalue weighted by Gasteiger charge is -2.13. The lowest BCUT2D eigenvalue weighted by atomic mass is 10.0. The summed E-state index contributed by atoms with van der Waals surface area (Å²) in [6.07, 6.45) is 6.94. The lowest BCUT2D eigenvalue weighted by molar-refractivity contribution is 0.348. The fraction of sp³-hybridized carbons (Fsp3) is 0.300. The van der Waals surface area contributed by atoms with E-state index in [2.05, 4.69) is 12.1 Å². The van der Waals surface area contributed by atoms with Crippen LogP contribution in [0.3, 0.4) is 0 Å². The van der Waals surface area contributed by atoms with Gasteiger partial charge in [-0.3, -0.25) is 0 Å². The van der Waals surface area contributed by atoms with Crippen LogP contribution in [0.25, 0.3) is 0 Å². The van der Waals surface area contributed by atoms with Gasteiger partial charge in [0.25, 0.3) is 0 Å². The van der Waals surface area contributed by atoms with Gasteiger partial charge in [0.05, 0.1) is 0 Å². The van der Waals surface area contributed by atoms with Crippen LogP contribution in [0.5, 0.6) is 11.5 Å². The number of aryl methyl sites for hydroxylation is 3. The highest BCUT2D eigenvalue weighted by molar-refractivity contribution is 6.31. The molecule has 0 aromatic heterocycles. The first-order valence-corrected chi connectivity index (χ1v) is 8.39. The minimum atomic E-state index is 0.541. The molecule has 1 heterocycles. The topological polar surface area (TPSA) is 18.5 Å². The number of para-hydroxylation sites is 1. The van der Waals surface area contributed by atoms with Gasteiger partial charge in [-0.05, 0) is 73.2 Å². The van der Waals surface area contributed by atoms with Crippen molar-refractivity contribution in [3.05, 3.63) is 70.3 Å². The summed E-state index contributed by atoms with van der Waals surface area (Å²) in [4.78, 5) is 0. The highest BCUT2D eigenvalue weighted by Crippen LogP contribution is 2.29. The maximum absolute atomic E-state index is 6.29. The molecule has 1 aliphatic heterocycles. The zero-order chi connectivity index (χ0) is 16.1. The second-order valence-corrected chi connectivity index (χ2v) is 6.17. The number of hydrogen-bond donors (Lipinski definition) is 0. The summed E-state index contributed by atoms with van der Waals surface area (Å²) in [6, 6.07) is 12.3. The van der Waals surface area contributed by atoms with Crippen LogP contribution in [0.4, 0.5) is 0 Å². The summed E-state index contributed by atoms with van der Waals surface area (Å²) in [6.45, 7) is 3.11. The van der Waals surface area contributed by atoms with Crippen molar-refractivity contribution in [1.82, 2.24) is 0 Å². The first kappa shape index (κ1) is 15.9. The molecule has 1 aliphatic rings. The van der Waals surface area contributed by atoms with Crippen LogP contribution >= 0.6 is 11.6 Å². The van der Waals surface area contributed by atoms with Crippen molar-refractivity contribution >= 4 is 11.6 Å². The molecule has 0 unspecified atom stereocenters. The van der Waals surface area contributed by atoms with Gasteiger partial charge in [0, 0.05) is 5.02 Å². The van der Waals surface area contributed by atoms with E-state index in [-0.39, 0.29) is 0 Å². The molecule has 3 heteroatoms. The molecule has 0 aliphatic carbocycles. The van der Waals surface area contributed by atoms with Gasteiger partial charge in [-0.1, -0.05) is 29.8 Å². The van der Waals surface area contributed by atoms with Gasteiger partial charge >= 0.3 is 0 Å². The summed E-state index contributed by atoms with van der Waals surface area (Å²) in [7, 11) is 0. The minimum Gasteiger partial charge on any atom is -0.489 e. The zero-order valence-electron chi connectivity index (χ0n) is 13.3. The molecule has 0 bridgehead atoms. The van der Waals surface area contributed by atoms with E-state index in [1.165, 1.54) is 11.1 Å². The van der Waals surface area contributed by atoms with Crippen LogP contribution in [0.15, 0.2) is 48.6 Å². The predicted molar refractivity (Wildman–Crippen MR) is 94.8 cm³/mol. The van der Waals surface area contributed by atoms with E-state index in [4.69, 9.17) is 21.1 Å². The number of benzene rings is 2. The molecule has 0 fully saturated rings. The van der Waals surface area contributed by atoms with Gasteiger partial charge in [0.1, 0.15) is 24.7 Å². The van der Waals surface area contributed by atoms with Gasteiger partial charge in [0.15, 0.2) is 0 Å². The fourth-order valence-corrected chi connectivity index (χ4v) is 2.94. The minimum absolute atomic E-state index is 0.541. The molecule has 0 N–H and O–H groups in total. The van der Waals surface area contributed by atoms with Crippen LogP contribution in [0.2, 0.25) is 5.02 Å². The molecule has 0 saturated carbocycles. The van der Waals surface area contributed by atoms with Crippen molar-refractivity contribution in [1.29, 1.82) is 0 Å². The Kier molecular flexibility index (Phi) is 5.24. The maximum atomic E-state index is 6.29. The smallest absolute Gasteiger partial charge is 0.123 e. The number of ether oxygens (including phenoxy) is 2. The standard InChI is InChI=1S/C20H21ClO2/c1-15-13-20-17(14-18(15)21)9-6-8-16-7-2-3-10-19(16)22-11-4-5-12-23-20/h2-5,7,10,13-14H,6,8-9,11-12H2,1H3/b5-4+.